The Hall–Kier alpha value is -2.59. The number of hydrogen-bond acceptors (Lipinski definition) is 4. The van der Waals surface area contributed by atoms with E-state index in [4.69, 9.17) is 11.6 Å². The highest BCUT2D eigenvalue weighted by Crippen LogP contribution is 2.39. The molecule has 1 heterocycles. The molecule has 11 heteroatoms. The Morgan fingerprint density at radius 2 is 1.92 bits per heavy atom. The van der Waals surface area contributed by atoms with E-state index >= 15 is 0 Å². The third-order valence-electron chi connectivity index (χ3n) is 5.62. The van der Waals surface area contributed by atoms with Gasteiger partial charge in [0.25, 0.3) is 0 Å². The molecular weight excluding hydrogens is 513 g/mol. The molecule has 1 fully saturated rings. The van der Waals surface area contributed by atoms with Crippen LogP contribution in [-0.2, 0) is 11.0 Å². The lowest BCUT2D eigenvalue weighted by molar-refractivity contribution is -0.137. The number of carbonyl (C=O) groups excluding carboxylic acids is 2. The topological polar surface area (TPSA) is 64.7 Å². The van der Waals surface area contributed by atoms with Crippen molar-refractivity contribution in [3.63, 3.8) is 0 Å². The lowest BCUT2D eigenvalue weighted by Gasteiger charge is -2.35. The van der Waals surface area contributed by atoms with Gasteiger partial charge in [0.05, 0.1) is 16.3 Å². The van der Waals surface area contributed by atoms with Crippen LogP contribution >= 0.6 is 23.5 Å². The molecule has 1 atom stereocenters. The van der Waals surface area contributed by atoms with Gasteiger partial charge in [0.1, 0.15) is 6.54 Å². The minimum Gasteiger partial charge on any atom is -0.341 e. The van der Waals surface area contributed by atoms with Gasteiger partial charge in [0.2, 0.25) is 5.91 Å². The van der Waals surface area contributed by atoms with Crippen LogP contribution in [0.2, 0.25) is 5.02 Å². The van der Waals surface area contributed by atoms with E-state index in [1.54, 1.807) is 4.90 Å². The fourth-order valence-electron chi connectivity index (χ4n) is 3.89. The second kappa shape index (κ2) is 12.6. The maximum atomic E-state index is 13.4. The zero-order valence-electron chi connectivity index (χ0n) is 20.1. The van der Waals surface area contributed by atoms with Crippen molar-refractivity contribution in [1.82, 2.24) is 15.5 Å². The van der Waals surface area contributed by atoms with Gasteiger partial charge in [-0.25, -0.2) is 4.79 Å². The lowest BCUT2D eigenvalue weighted by Crippen LogP contribution is -2.48. The van der Waals surface area contributed by atoms with Gasteiger partial charge >= 0.3 is 12.2 Å². The number of amides is 3. The van der Waals surface area contributed by atoms with Crippen LogP contribution in [0.4, 0.5) is 23.7 Å². The van der Waals surface area contributed by atoms with Gasteiger partial charge < -0.3 is 19.8 Å². The van der Waals surface area contributed by atoms with Gasteiger partial charge in [-0.15, -0.1) is 0 Å². The third-order valence-corrected chi connectivity index (χ3v) is 6.97. The molecule has 0 radical (unpaired) electrons. The molecule has 0 spiro atoms. The molecule has 0 aromatic heterocycles. The number of carbonyl (C=O) groups is 2. The number of alkyl halides is 3. The Bertz CT molecular complexity index is 1040. The molecule has 6 nitrogen and oxygen atoms in total. The van der Waals surface area contributed by atoms with E-state index in [1.165, 1.54) is 10.4 Å². The van der Waals surface area contributed by atoms with Gasteiger partial charge in [0, 0.05) is 30.6 Å². The molecule has 0 bridgehead atoms. The maximum absolute atomic E-state index is 13.4. The van der Waals surface area contributed by atoms with E-state index in [1.807, 2.05) is 44.2 Å². The van der Waals surface area contributed by atoms with Crippen LogP contribution in [0.1, 0.15) is 32.3 Å². The highest BCUT2D eigenvalue weighted by Gasteiger charge is 2.32. The second-order valence-corrected chi connectivity index (χ2v) is 10.5. The number of piperidine rings is 1. The Labute approximate surface area is 218 Å². The molecule has 2 aromatic rings. The molecule has 1 saturated heterocycles. The second-order valence-electron chi connectivity index (χ2n) is 8.96. The Morgan fingerprint density at radius 3 is 2.58 bits per heavy atom. The van der Waals surface area contributed by atoms with Crippen LogP contribution in [0.15, 0.2) is 53.4 Å². The Balaban J connectivity index is 1.74. The average Bonchev–Trinajstić information content (AvgIpc) is 2.82. The number of benzene rings is 2. The Morgan fingerprint density at radius 1 is 1.19 bits per heavy atom. The van der Waals surface area contributed by atoms with Crippen LogP contribution < -0.4 is 14.9 Å². The number of nitrogens with one attached hydrogen (secondary N) is 2. The number of hydrogen-bond donors (Lipinski definition) is 2. The quantitative estimate of drug-likeness (QED) is 0.413. The van der Waals surface area contributed by atoms with Crippen molar-refractivity contribution < 1.29 is 22.8 Å². The van der Waals surface area contributed by atoms with Gasteiger partial charge in [-0.2, -0.15) is 13.2 Å². The van der Waals surface area contributed by atoms with Gasteiger partial charge in [-0.3, -0.25) is 4.79 Å². The van der Waals surface area contributed by atoms with E-state index in [-0.39, 0.29) is 41.2 Å². The summed E-state index contributed by atoms with van der Waals surface area (Å²) in [5, 5.41) is 5.74. The summed E-state index contributed by atoms with van der Waals surface area (Å²) < 4.78 is 41.7. The molecule has 2 aromatic carbocycles. The predicted octanol–water partition coefficient (Wildman–Crippen LogP) is 5.82. The molecule has 196 valence electrons. The van der Waals surface area contributed by atoms with E-state index < -0.39 is 11.7 Å². The normalized spacial score (nSPS) is 16.1. The van der Waals surface area contributed by atoms with Crippen molar-refractivity contribution in [2.24, 2.45) is 5.92 Å². The van der Waals surface area contributed by atoms with Crippen molar-refractivity contribution in [3.05, 3.63) is 59.1 Å². The Kier molecular flexibility index (Phi) is 9.78. The number of urea groups is 1. The molecule has 0 aliphatic carbocycles. The van der Waals surface area contributed by atoms with Crippen LogP contribution in [0.5, 0.6) is 0 Å². The summed E-state index contributed by atoms with van der Waals surface area (Å²) in [7, 11) is 0. The summed E-state index contributed by atoms with van der Waals surface area (Å²) in [6.07, 6.45) is -2.89. The first-order valence-corrected chi connectivity index (χ1v) is 12.9. The van der Waals surface area contributed by atoms with E-state index in [0.717, 1.165) is 41.8 Å². The SMILES string of the molecule is CC(C)NC(=O)NCC1CCCN(C(=O)CN(Sc2ccccc2)c2cc(C(F)(F)F)ccc2Cl)C1. The van der Waals surface area contributed by atoms with Gasteiger partial charge in [-0.05, 0) is 74.9 Å². The molecule has 3 amide bonds. The van der Waals surface area contributed by atoms with Crippen LogP contribution in [-0.4, -0.2) is 49.1 Å². The first-order chi connectivity index (χ1) is 17.0. The smallest absolute Gasteiger partial charge is 0.341 e. The summed E-state index contributed by atoms with van der Waals surface area (Å²) in [6.45, 7) is 5.03. The van der Waals surface area contributed by atoms with Crippen LogP contribution in [0.25, 0.3) is 0 Å². The molecule has 36 heavy (non-hydrogen) atoms. The number of halogens is 4. The monoisotopic (exact) mass is 542 g/mol. The zero-order valence-corrected chi connectivity index (χ0v) is 21.7. The molecule has 0 saturated carbocycles. The summed E-state index contributed by atoms with van der Waals surface area (Å²) >= 11 is 7.47. The lowest BCUT2D eigenvalue weighted by atomic mass is 9.98. The van der Waals surface area contributed by atoms with Crippen molar-refractivity contribution in [1.29, 1.82) is 0 Å². The largest absolute Gasteiger partial charge is 0.416 e. The van der Waals surface area contributed by atoms with Crippen molar-refractivity contribution in [2.75, 3.05) is 30.5 Å². The predicted molar refractivity (Wildman–Crippen MR) is 137 cm³/mol. The van der Waals surface area contributed by atoms with E-state index in [2.05, 4.69) is 10.6 Å². The zero-order chi connectivity index (χ0) is 26.3. The number of likely N-dealkylation sites (tertiary alicyclic amines) is 1. The minimum atomic E-state index is -4.54. The molecule has 1 aliphatic rings. The minimum absolute atomic E-state index is 0.0187. The molecule has 1 unspecified atom stereocenters. The average molecular weight is 543 g/mol. The highest BCUT2D eigenvalue weighted by atomic mass is 35.5. The van der Waals surface area contributed by atoms with Crippen molar-refractivity contribution in [3.8, 4) is 0 Å². The fourth-order valence-corrected chi connectivity index (χ4v) is 5.11. The molecular formula is C25H30ClF3N4O2S. The summed E-state index contributed by atoms with van der Waals surface area (Å²) in [5.41, 5.74) is -0.717. The van der Waals surface area contributed by atoms with Crippen molar-refractivity contribution in [2.45, 2.75) is 43.8 Å². The fraction of sp³-hybridized carbons (Fsp3) is 0.440. The summed E-state index contributed by atoms with van der Waals surface area (Å²) in [4.78, 5) is 27.7. The number of anilines is 1. The van der Waals surface area contributed by atoms with E-state index in [0.29, 0.717) is 19.6 Å². The number of nitrogens with zero attached hydrogens (tertiary/aromatic N) is 2. The third kappa shape index (κ3) is 8.23. The molecule has 3 rings (SSSR count). The molecule has 2 N–H and O–H groups in total. The van der Waals surface area contributed by atoms with Crippen LogP contribution in [0.3, 0.4) is 0 Å². The first kappa shape index (κ1) is 28.0. The summed E-state index contributed by atoms with van der Waals surface area (Å²) in [6, 6.07) is 12.0. The van der Waals surface area contributed by atoms with Gasteiger partial charge in [-0.1, -0.05) is 29.8 Å². The molecule has 1 aliphatic heterocycles. The van der Waals surface area contributed by atoms with Crippen molar-refractivity contribution >= 4 is 41.2 Å². The van der Waals surface area contributed by atoms with Crippen LogP contribution in [0, 0.1) is 5.92 Å². The standard InChI is InChI=1S/C25H30ClF3N4O2S/c1-17(2)31-24(35)30-14-18-7-6-12-32(15-18)23(34)16-33(36-20-8-4-3-5-9-20)22-13-19(25(27,28)29)10-11-21(22)26/h3-5,8-11,13,17-18H,6-7,12,14-16H2,1-2H3,(H2,30,31,35). The highest BCUT2D eigenvalue weighted by molar-refractivity contribution is 8.00. The maximum Gasteiger partial charge on any atom is 0.416 e. The van der Waals surface area contributed by atoms with E-state index in [9.17, 15) is 22.8 Å². The summed E-state index contributed by atoms with van der Waals surface area (Å²) in [5.74, 6) is -0.128. The van der Waals surface area contributed by atoms with Gasteiger partial charge in [0.15, 0.2) is 0 Å². The first-order valence-electron chi connectivity index (χ1n) is 11.7. The number of rotatable bonds is 8.